The minimum absolute atomic E-state index is 0. The molecule has 0 fully saturated rings. The quantitative estimate of drug-likeness (QED) is 0.891. The lowest BCUT2D eigenvalue weighted by Gasteiger charge is -2.23. The molecule has 1 aromatic rings. The van der Waals surface area contributed by atoms with Gasteiger partial charge >= 0.3 is 6.09 Å². The molecule has 0 aliphatic carbocycles. The molecule has 1 rings (SSSR count). The maximum Gasteiger partial charge on any atom is 0.407 e. The molecular weight excluding hydrogens is 260 g/mol. The topological polar surface area (TPSA) is 64.3 Å². The highest BCUT2D eigenvalue weighted by Gasteiger charge is 2.18. The largest absolute Gasteiger partial charge is 0.444 e. The Morgan fingerprint density at radius 2 is 1.89 bits per heavy atom. The van der Waals surface area contributed by atoms with Gasteiger partial charge in [-0.3, -0.25) is 0 Å². The van der Waals surface area contributed by atoms with Gasteiger partial charge in [0.25, 0.3) is 0 Å². The van der Waals surface area contributed by atoms with Crippen LogP contribution in [0.5, 0.6) is 0 Å². The Bertz CT molecular complexity index is 377. The third-order valence-electron chi connectivity index (χ3n) is 2.33. The van der Waals surface area contributed by atoms with Crippen LogP contribution in [-0.4, -0.2) is 24.3 Å². The van der Waals surface area contributed by atoms with E-state index in [1.54, 1.807) is 0 Å². The highest BCUT2D eigenvalue weighted by Crippen LogP contribution is 2.08. The van der Waals surface area contributed by atoms with E-state index in [4.69, 9.17) is 10.5 Å². The third kappa shape index (κ3) is 7.74. The molecule has 0 aliphatic rings. The predicted octanol–water partition coefficient (Wildman–Crippen LogP) is 2.19. The normalized spacial score (nSPS) is 12.2. The molecule has 1 atom stereocenters. The summed E-state index contributed by atoms with van der Waals surface area (Å²) in [5.41, 5.74) is 6.31. The molecule has 1 amide bonds. The molecule has 108 valence electrons. The van der Waals surface area contributed by atoms with Gasteiger partial charge in [0.2, 0.25) is 0 Å². The van der Waals surface area contributed by atoms with Crippen LogP contribution in [0.25, 0.3) is 0 Å². The SMILES string of the molecule is CC(C)(C)OC(=O)N[C@H](CN)Cc1ccccc1.S. The van der Waals surface area contributed by atoms with Gasteiger partial charge < -0.3 is 15.8 Å². The minimum atomic E-state index is -0.490. The second-order valence-electron chi connectivity index (χ2n) is 5.27. The number of rotatable bonds is 4. The van der Waals surface area contributed by atoms with Crippen LogP contribution in [0.4, 0.5) is 4.79 Å². The van der Waals surface area contributed by atoms with Crippen LogP contribution in [0.2, 0.25) is 0 Å². The number of carbonyl (C=O) groups is 1. The minimum Gasteiger partial charge on any atom is -0.444 e. The van der Waals surface area contributed by atoms with E-state index < -0.39 is 11.7 Å². The summed E-state index contributed by atoms with van der Waals surface area (Å²) in [4.78, 5) is 11.6. The Kier molecular flexibility index (Phi) is 7.56. The molecule has 19 heavy (non-hydrogen) atoms. The average Bonchev–Trinajstić information content (AvgIpc) is 2.27. The Labute approximate surface area is 122 Å². The first-order valence-electron chi connectivity index (χ1n) is 6.14. The molecule has 0 aliphatic heterocycles. The highest BCUT2D eigenvalue weighted by molar-refractivity contribution is 7.59. The number of hydrogen-bond acceptors (Lipinski definition) is 3. The van der Waals surface area contributed by atoms with Crippen molar-refractivity contribution < 1.29 is 9.53 Å². The Balaban J connectivity index is 0.00000324. The van der Waals surface area contributed by atoms with E-state index in [1.807, 2.05) is 51.1 Å². The fraction of sp³-hybridized carbons (Fsp3) is 0.500. The predicted molar refractivity (Wildman–Crippen MR) is 82.7 cm³/mol. The van der Waals surface area contributed by atoms with Gasteiger partial charge in [-0.25, -0.2) is 4.79 Å². The Morgan fingerprint density at radius 3 is 2.37 bits per heavy atom. The standard InChI is InChI=1S/C14H22N2O2.H2S/c1-14(2,3)18-13(17)16-12(10-15)9-11-7-5-4-6-8-11;/h4-8,12H,9-10,15H2,1-3H3,(H,16,17);1H2/t12-;/m0./s1. The zero-order valence-corrected chi connectivity index (χ0v) is 12.8. The molecule has 1 aromatic carbocycles. The molecule has 0 radical (unpaired) electrons. The van der Waals surface area contributed by atoms with E-state index in [2.05, 4.69) is 5.32 Å². The fourth-order valence-electron chi connectivity index (χ4n) is 1.57. The molecule has 0 saturated heterocycles. The molecule has 0 spiro atoms. The average molecular weight is 284 g/mol. The second-order valence-corrected chi connectivity index (χ2v) is 5.27. The molecule has 0 saturated carbocycles. The Hall–Kier alpha value is -1.20. The van der Waals surface area contributed by atoms with Gasteiger partial charge in [-0.15, -0.1) is 0 Å². The number of ether oxygens (including phenoxy) is 1. The Morgan fingerprint density at radius 1 is 1.32 bits per heavy atom. The lowest BCUT2D eigenvalue weighted by molar-refractivity contribution is 0.0506. The number of carbonyl (C=O) groups excluding carboxylic acids is 1. The molecule has 5 heteroatoms. The van der Waals surface area contributed by atoms with Crippen LogP contribution >= 0.6 is 13.5 Å². The van der Waals surface area contributed by atoms with Crippen molar-refractivity contribution in [1.82, 2.24) is 5.32 Å². The first kappa shape index (κ1) is 17.8. The maximum atomic E-state index is 11.6. The summed E-state index contributed by atoms with van der Waals surface area (Å²) < 4.78 is 5.20. The number of hydrogen-bond donors (Lipinski definition) is 2. The van der Waals surface area contributed by atoms with Crippen molar-refractivity contribution in [1.29, 1.82) is 0 Å². The van der Waals surface area contributed by atoms with Crippen molar-refractivity contribution in [2.75, 3.05) is 6.54 Å². The molecule has 4 nitrogen and oxygen atoms in total. The number of nitrogens with one attached hydrogen (secondary N) is 1. The van der Waals surface area contributed by atoms with E-state index in [1.165, 1.54) is 0 Å². The molecule has 0 unspecified atom stereocenters. The summed E-state index contributed by atoms with van der Waals surface area (Å²) in [5, 5.41) is 2.79. The number of amides is 1. The first-order valence-corrected chi connectivity index (χ1v) is 6.14. The van der Waals surface area contributed by atoms with Gasteiger partial charge in [0.1, 0.15) is 5.60 Å². The van der Waals surface area contributed by atoms with Crippen molar-refractivity contribution in [2.24, 2.45) is 5.73 Å². The summed E-state index contributed by atoms with van der Waals surface area (Å²) in [7, 11) is 0. The van der Waals surface area contributed by atoms with Crippen LogP contribution in [0, 0.1) is 0 Å². The van der Waals surface area contributed by atoms with Crippen LogP contribution in [0.3, 0.4) is 0 Å². The van der Waals surface area contributed by atoms with Crippen LogP contribution in [0.15, 0.2) is 30.3 Å². The van der Waals surface area contributed by atoms with Crippen LogP contribution in [-0.2, 0) is 11.2 Å². The van der Waals surface area contributed by atoms with Gasteiger partial charge in [0.15, 0.2) is 0 Å². The summed E-state index contributed by atoms with van der Waals surface area (Å²) in [6.07, 6.45) is 0.283. The van der Waals surface area contributed by atoms with Crippen LogP contribution in [0.1, 0.15) is 26.3 Å². The monoisotopic (exact) mass is 284 g/mol. The number of nitrogens with two attached hydrogens (primary N) is 1. The number of alkyl carbamates (subject to hydrolysis) is 1. The highest BCUT2D eigenvalue weighted by atomic mass is 32.1. The van der Waals surface area contributed by atoms with E-state index in [0.717, 1.165) is 5.56 Å². The fourth-order valence-corrected chi connectivity index (χ4v) is 1.57. The van der Waals surface area contributed by atoms with E-state index in [-0.39, 0.29) is 19.5 Å². The lowest BCUT2D eigenvalue weighted by atomic mass is 10.1. The summed E-state index contributed by atoms with van der Waals surface area (Å²) in [6, 6.07) is 9.82. The summed E-state index contributed by atoms with van der Waals surface area (Å²) in [6.45, 7) is 5.89. The van der Waals surface area contributed by atoms with Gasteiger partial charge in [-0.1, -0.05) is 30.3 Å². The first-order chi connectivity index (χ1) is 8.40. The van der Waals surface area contributed by atoms with Gasteiger partial charge in [-0.2, -0.15) is 13.5 Å². The third-order valence-corrected chi connectivity index (χ3v) is 2.33. The van der Waals surface area contributed by atoms with Crippen molar-refractivity contribution >= 4 is 19.6 Å². The van der Waals surface area contributed by atoms with Gasteiger partial charge in [-0.05, 0) is 32.8 Å². The van der Waals surface area contributed by atoms with E-state index in [0.29, 0.717) is 13.0 Å². The van der Waals surface area contributed by atoms with E-state index >= 15 is 0 Å². The van der Waals surface area contributed by atoms with Crippen LogP contribution < -0.4 is 11.1 Å². The zero-order chi connectivity index (χ0) is 13.6. The van der Waals surface area contributed by atoms with Crippen molar-refractivity contribution in [2.45, 2.75) is 38.8 Å². The second kappa shape index (κ2) is 8.07. The van der Waals surface area contributed by atoms with Crippen molar-refractivity contribution in [3.63, 3.8) is 0 Å². The summed E-state index contributed by atoms with van der Waals surface area (Å²) in [5.74, 6) is 0. The maximum absolute atomic E-state index is 11.6. The molecular formula is C14H24N2O2S. The number of benzene rings is 1. The summed E-state index contributed by atoms with van der Waals surface area (Å²) >= 11 is 0. The van der Waals surface area contributed by atoms with Crippen molar-refractivity contribution in [3.05, 3.63) is 35.9 Å². The smallest absolute Gasteiger partial charge is 0.407 e. The zero-order valence-electron chi connectivity index (χ0n) is 11.8. The molecule has 0 aromatic heterocycles. The van der Waals surface area contributed by atoms with E-state index in [9.17, 15) is 4.79 Å². The molecule has 0 bridgehead atoms. The molecule has 3 N–H and O–H groups in total. The van der Waals surface area contributed by atoms with Gasteiger partial charge in [0, 0.05) is 12.6 Å². The molecule has 0 heterocycles. The van der Waals surface area contributed by atoms with Crippen molar-refractivity contribution in [3.8, 4) is 0 Å². The lowest BCUT2D eigenvalue weighted by Crippen LogP contribution is -2.44. The van der Waals surface area contributed by atoms with Gasteiger partial charge in [0.05, 0.1) is 0 Å².